The second-order valence-corrected chi connectivity index (χ2v) is 3.72. The SMILES string of the molecule is CC(=O)c1cc(Br)c(F)cc1OC(F)(F)F. The largest absolute Gasteiger partial charge is 0.573 e. The number of ether oxygens (including phenoxy) is 1. The van der Waals surface area contributed by atoms with Gasteiger partial charge in [0.25, 0.3) is 0 Å². The number of hydrogen-bond donors (Lipinski definition) is 0. The van der Waals surface area contributed by atoms with Crippen LogP contribution in [0.5, 0.6) is 5.75 Å². The van der Waals surface area contributed by atoms with Crippen LogP contribution in [0.3, 0.4) is 0 Å². The number of halogens is 5. The lowest BCUT2D eigenvalue weighted by Gasteiger charge is -2.12. The lowest BCUT2D eigenvalue weighted by atomic mass is 10.1. The standard InChI is InChI=1S/C9H5BrF4O2/c1-4(15)5-2-6(10)7(11)3-8(5)16-9(12,13)14/h2-3H,1H3. The van der Waals surface area contributed by atoms with Crippen LogP contribution >= 0.6 is 15.9 Å². The Balaban J connectivity index is 3.25. The van der Waals surface area contributed by atoms with Crippen molar-refractivity contribution in [1.82, 2.24) is 0 Å². The summed E-state index contributed by atoms with van der Waals surface area (Å²) in [4.78, 5) is 11.0. The number of Topliss-reactive ketones (excluding diaryl/α,β-unsaturated/α-hetero) is 1. The first-order valence-electron chi connectivity index (χ1n) is 3.96. The van der Waals surface area contributed by atoms with Gasteiger partial charge in [0.1, 0.15) is 11.6 Å². The molecule has 0 aromatic heterocycles. The topological polar surface area (TPSA) is 26.3 Å². The van der Waals surface area contributed by atoms with Gasteiger partial charge in [-0.15, -0.1) is 13.2 Å². The number of ketones is 1. The van der Waals surface area contributed by atoms with E-state index < -0.39 is 23.7 Å². The summed E-state index contributed by atoms with van der Waals surface area (Å²) in [6, 6.07) is 1.45. The van der Waals surface area contributed by atoms with Crippen molar-refractivity contribution < 1.29 is 27.1 Å². The zero-order valence-corrected chi connectivity index (χ0v) is 9.45. The molecule has 0 atom stereocenters. The van der Waals surface area contributed by atoms with Crippen LogP contribution in [0, 0.1) is 5.82 Å². The van der Waals surface area contributed by atoms with Crippen LogP contribution in [-0.2, 0) is 0 Å². The summed E-state index contributed by atoms with van der Waals surface area (Å²) in [6.07, 6.45) is -4.97. The van der Waals surface area contributed by atoms with E-state index in [0.29, 0.717) is 6.07 Å². The van der Waals surface area contributed by atoms with Crippen molar-refractivity contribution in [2.24, 2.45) is 0 Å². The van der Waals surface area contributed by atoms with Gasteiger partial charge < -0.3 is 4.74 Å². The van der Waals surface area contributed by atoms with Gasteiger partial charge in [-0.1, -0.05) is 0 Å². The van der Waals surface area contributed by atoms with Crippen LogP contribution in [-0.4, -0.2) is 12.1 Å². The van der Waals surface area contributed by atoms with E-state index in [-0.39, 0.29) is 10.0 Å². The highest BCUT2D eigenvalue weighted by Crippen LogP contribution is 2.31. The van der Waals surface area contributed by atoms with E-state index in [2.05, 4.69) is 20.7 Å². The van der Waals surface area contributed by atoms with E-state index in [0.717, 1.165) is 13.0 Å². The quantitative estimate of drug-likeness (QED) is 0.615. The van der Waals surface area contributed by atoms with Gasteiger partial charge in [-0.25, -0.2) is 4.39 Å². The highest BCUT2D eigenvalue weighted by Gasteiger charge is 2.33. The van der Waals surface area contributed by atoms with Crippen molar-refractivity contribution in [3.63, 3.8) is 0 Å². The van der Waals surface area contributed by atoms with E-state index in [1.54, 1.807) is 0 Å². The van der Waals surface area contributed by atoms with Crippen LogP contribution in [0.15, 0.2) is 16.6 Å². The summed E-state index contributed by atoms with van der Waals surface area (Å²) in [7, 11) is 0. The second kappa shape index (κ2) is 4.40. The third-order valence-electron chi connectivity index (χ3n) is 1.63. The maximum absolute atomic E-state index is 13.0. The van der Waals surface area contributed by atoms with Gasteiger partial charge in [0.15, 0.2) is 5.78 Å². The highest BCUT2D eigenvalue weighted by molar-refractivity contribution is 9.10. The molecule has 0 heterocycles. The summed E-state index contributed by atoms with van der Waals surface area (Å²) in [5.41, 5.74) is -0.342. The van der Waals surface area contributed by atoms with Crippen LogP contribution in [0.2, 0.25) is 0 Å². The molecule has 16 heavy (non-hydrogen) atoms. The van der Waals surface area contributed by atoms with Crippen molar-refractivity contribution in [3.05, 3.63) is 28.0 Å². The number of alkyl halides is 3. The van der Waals surface area contributed by atoms with Crippen LogP contribution in [0.4, 0.5) is 17.6 Å². The molecule has 0 radical (unpaired) electrons. The molecule has 1 rings (SSSR count). The molecule has 0 saturated carbocycles. The zero-order chi connectivity index (χ0) is 12.5. The Kier molecular flexibility index (Phi) is 3.57. The molecule has 0 aliphatic carbocycles. The van der Waals surface area contributed by atoms with Crippen LogP contribution in [0.1, 0.15) is 17.3 Å². The van der Waals surface area contributed by atoms with Crippen molar-refractivity contribution >= 4 is 21.7 Å². The predicted octanol–water partition coefficient (Wildman–Crippen LogP) is 3.69. The van der Waals surface area contributed by atoms with Crippen LogP contribution < -0.4 is 4.74 Å². The number of carbonyl (C=O) groups excluding carboxylic acids is 1. The molecule has 0 spiro atoms. The molecular weight excluding hydrogens is 296 g/mol. The Morgan fingerprint density at radius 3 is 2.38 bits per heavy atom. The minimum atomic E-state index is -4.97. The van der Waals surface area contributed by atoms with E-state index in [1.807, 2.05) is 0 Å². The van der Waals surface area contributed by atoms with Gasteiger partial charge in [-0.3, -0.25) is 4.79 Å². The Morgan fingerprint density at radius 1 is 1.38 bits per heavy atom. The summed E-state index contributed by atoms with van der Waals surface area (Å²) in [6.45, 7) is 1.06. The molecule has 88 valence electrons. The van der Waals surface area contributed by atoms with E-state index >= 15 is 0 Å². The Morgan fingerprint density at radius 2 is 1.94 bits per heavy atom. The monoisotopic (exact) mass is 300 g/mol. The lowest BCUT2D eigenvalue weighted by Crippen LogP contribution is -2.19. The summed E-state index contributed by atoms with van der Waals surface area (Å²) in [5, 5.41) is 0. The number of rotatable bonds is 2. The molecule has 0 unspecified atom stereocenters. The van der Waals surface area contributed by atoms with Crippen molar-refractivity contribution in [3.8, 4) is 5.75 Å². The van der Waals surface area contributed by atoms with Crippen molar-refractivity contribution in [2.75, 3.05) is 0 Å². The maximum Gasteiger partial charge on any atom is 0.573 e. The average molecular weight is 301 g/mol. The molecule has 0 N–H and O–H groups in total. The fourth-order valence-electron chi connectivity index (χ4n) is 1.01. The Hall–Kier alpha value is -1.11. The third-order valence-corrected chi connectivity index (χ3v) is 2.24. The van der Waals surface area contributed by atoms with E-state index in [1.165, 1.54) is 0 Å². The Labute approximate surface area is 96.3 Å². The average Bonchev–Trinajstić information content (AvgIpc) is 2.07. The summed E-state index contributed by atoms with van der Waals surface area (Å²) >= 11 is 2.76. The van der Waals surface area contributed by atoms with Gasteiger partial charge in [0, 0.05) is 6.07 Å². The summed E-state index contributed by atoms with van der Waals surface area (Å²) in [5.74, 6) is -2.44. The molecular formula is C9H5BrF4O2. The predicted molar refractivity (Wildman–Crippen MR) is 50.8 cm³/mol. The minimum absolute atomic E-state index is 0.104. The molecule has 0 bridgehead atoms. The maximum atomic E-state index is 13.0. The molecule has 2 nitrogen and oxygen atoms in total. The minimum Gasteiger partial charge on any atom is -0.405 e. The van der Waals surface area contributed by atoms with Gasteiger partial charge in [-0.2, -0.15) is 0 Å². The number of hydrogen-bond acceptors (Lipinski definition) is 2. The molecule has 0 aliphatic heterocycles. The van der Waals surface area contributed by atoms with Gasteiger partial charge in [0.05, 0.1) is 10.0 Å². The third kappa shape index (κ3) is 3.19. The normalized spacial score (nSPS) is 11.4. The number of carbonyl (C=O) groups is 1. The molecule has 1 aromatic rings. The summed E-state index contributed by atoms with van der Waals surface area (Å²) < 4.78 is 52.3. The fourth-order valence-corrected chi connectivity index (χ4v) is 1.36. The first-order valence-corrected chi connectivity index (χ1v) is 4.75. The molecule has 0 aliphatic rings. The van der Waals surface area contributed by atoms with Gasteiger partial charge >= 0.3 is 6.36 Å². The second-order valence-electron chi connectivity index (χ2n) is 2.87. The van der Waals surface area contributed by atoms with Crippen LogP contribution in [0.25, 0.3) is 0 Å². The lowest BCUT2D eigenvalue weighted by molar-refractivity contribution is -0.274. The molecule has 0 saturated heterocycles. The smallest absolute Gasteiger partial charge is 0.405 e. The van der Waals surface area contributed by atoms with Gasteiger partial charge in [-0.05, 0) is 28.9 Å². The highest BCUT2D eigenvalue weighted by atomic mass is 79.9. The molecule has 1 aromatic carbocycles. The van der Waals surface area contributed by atoms with Crippen molar-refractivity contribution in [2.45, 2.75) is 13.3 Å². The van der Waals surface area contributed by atoms with Crippen molar-refractivity contribution in [1.29, 1.82) is 0 Å². The van der Waals surface area contributed by atoms with E-state index in [4.69, 9.17) is 0 Å². The zero-order valence-electron chi connectivity index (χ0n) is 7.86. The molecule has 0 amide bonds. The van der Waals surface area contributed by atoms with E-state index in [9.17, 15) is 22.4 Å². The molecule has 0 fully saturated rings. The molecule has 7 heteroatoms. The Bertz CT molecular complexity index is 428. The number of benzene rings is 1. The first-order chi connectivity index (χ1) is 7.20. The first kappa shape index (κ1) is 13.0. The fraction of sp³-hybridized carbons (Fsp3) is 0.222. The van der Waals surface area contributed by atoms with Gasteiger partial charge in [0.2, 0.25) is 0 Å².